The Morgan fingerprint density at radius 1 is 1.40 bits per heavy atom. The predicted molar refractivity (Wildman–Crippen MR) is 71.1 cm³/mol. The number of carboxylic acids is 1. The molecule has 1 N–H and O–H groups in total. The minimum Gasteiger partial charge on any atom is -0.481 e. The van der Waals surface area contributed by atoms with Gasteiger partial charge in [0.25, 0.3) is 5.56 Å². The number of hydrogen-bond donors (Lipinski definition) is 1. The highest BCUT2D eigenvalue weighted by atomic mass is 16.5. The van der Waals surface area contributed by atoms with Crippen molar-refractivity contribution in [1.82, 2.24) is 9.55 Å². The van der Waals surface area contributed by atoms with Crippen LogP contribution >= 0.6 is 0 Å². The smallest absolute Gasteiger partial charge is 0.311 e. The van der Waals surface area contributed by atoms with Crippen molar-refractivity contribution in [3.8, 4) is 0 Å². The summed E-state index contributed by atoms with van der Waals surface area (Å²) >= 11 is 0. The first kappa shape index (κ1) is 13.1. The van der Waals surface area contributed by atoms with Crippen LogP contribution in [0.25, 0.3) is 0 Å². The van der Waals surface area contributed by atoms with E-state index >= 15 is 0 Å². The molecule has 0 atom stereocenters. The molecule has 108 valence electrons. The number of anilines is 1. The Balaban J connectivity index is 1.97. The minimum absolute atomic E-state index is 0.128. The van der Waals surface area contributed by atoms with Crippen LogP contribution in [0.3, 0.4) is 0 Å². The Hall–Kier alpha value is -1.89. The first-order chi connectivity index (χ1) is 9.65. The first-order valence-corrected chi connectivity index (χ1v) is 6.82. The number of rotatable bonds is 4. The van der Waals surface area contributed by atoms with Crippen LogP contribution in [0.4, 0.5) is 5.82 Å². The van der Waals surface area contributed by atoms with Gasteiger partial charge in [0.1, 0.15) is 18.1 Å². The van der Waals surface area contributed by atoms with Gasteiger partial charge in [-0.15, -0.1) is 0 Å². The molecule has 0 spiro atoms. The molecule has 1 saturated carbocycles. The Morgan fingerprint density at radius 2 is 2.10 bits per heavy atom. The largest absolute Gasteiger partial charge is 0.481 e. The normalized spacial score (nSPS) is 19.1. The molecule has 7 heteroatoms. The third-order valence-electron chi connectivity index (χ3n) is 3.57. The van der Waals surface area contributed by atoms with Gasteiger partial charge in [-0.05, 0) is 12.8 Å². The maximum atomic E-state index is 12.2. The molecule has 0 bridgehead atoms. The summed E-state index contributed by atoms with van der Waals surface area (Å²) in [6.45, 7) is 2.54. The second-order valence-corrected chi connectivity index (χ2v) is 5.14. The zero-order valence-electron chi connectivity index (χ0n) is 11.1. The van der Waals surface area contributed by atoms with Crippen molar-refractivity contribution < 1.29 is 14.6 Å². The van der Waals surface area contributed by atoms with Crippen LogP contribution in [-0.2, 0) is 16.0 Å². The number of ether oxygens (including phenoxy) is 1. The van der Waals surface area contributed by atoms with Crippen molar-refractivity contribution in [2.75, 3.05) is 31.2 Å². The van der Waals surface area contributed by atoms with E-state index in [1.807, 2.05) is 4.90 Å². The molecule has 7 nitrogen and oxygen atoms in total. The molecule has 0 radical (unpaired) electrons. The summed E-state index contributed by atoms with van der Waals surface area (Å²) in [5.41, 5.74) is -0.153. The van der Waals surface area contributed by atoms with E-state index in [-0.39, 0.29) is 18.0 Å². The van der Waals surface area contributed by atoms with Gasteiger partial charge < -0.3 is 14.7 Å². The summed E-state index contributed by atoms with van der Waals surface area (Å²) < 4.78 is 6.81. The monoisotopic (exact) mass is 279 g/mol. The van der Waals surface area contributed by atoms with Crippen LogP contribution < -0.4 is 10.5 Å². The van der Waals surface area contributed by atoms with E-state index < -0.39 is 5.97 Å². The molecule has 3 rings (SSSR count). The number of nitrogens with zero attached hydrogens (tertiary/aromatic N) is 3. The van der Waals surface area contributed by atoms with E-state index in [2.05, 4.69) is 4.98 Å². The molecule has 1 aromatic rings. The molecule has 1 saturated heterocycles. The van der Waals surface area contributed by atoms with Gasteiger partial charge in [-0.25, -0.2) is 4.98 Å². The SMILES string of the molecule is O=C(O)Cc1nc(N2CCOCC2)cc(=O)n1C1CC1. The highest BCUT2D eigenvalue weighted by Gasteiger charge is 2.29. The molecule has 0 unspecified atom stereocenters. The van der Waals surface area contributed by atoms with E-state index in [1.54, 1.807) is 0 Å². The molecular formula is C13H17N3O4. The van der Waals surface area contributed by atoms with Gasteiger partial charge in [-0.3, -0.25) is 14.2 Å². The summed E-state index contributed by atoms with van der Waals surface area (Å²) in [6.07, 6.45) is 1.63. The van der Waals surface area contributed by atoms with Crippen molar-refractivity contribution >= 4 is 11.8 Å². The van der Waals surface area contributed by atoms with Gasteiger partial charge >= 0.3 is 5.97 Å². The Kier molecular flexibility index (Phi) is 3.43. The number of carbonyl (C=O) groups is 1. The number of carboxylic acid groups (broad SMARTS) is 1. The van der Waals surface area contributed by atoms with E-state index in [0.29, 0.717) is 37.9 Å². The zero-order chi connectivity index (χ0) is 14.1. The molecule has 0 aromatic carbocycles. The summed E-state index contributed by atoms with van der Waals surface area (Å²) in [7, 11) is 0. The topological polar surface area (TPSA) is 84.7 Å². The van der Waals surface area contributed by atoms with Gasteiger partial charge in [-0.2, -0.15) is 0 Å². The predicted octanol–water partition coefficient (Wildman–Crippen LogP) is 0.0419. The molecule has 1 aliphatic carbocycles. The van der Waals surface area contributed by atoms with Gasteiger partial charge in [0.05, 0.1) is 13.2 Å². The Morgan fingerprint density at radius 3 is 2.70 bits per heavy atom. The molecule has 1 aromatic heterocycles. The maximum absolute atomic E-state index is 12.2. The summed E-state index contributed by atoms with van der Waals surface area (Å²) in [5, 5.41) is 9.00. The third kappa shape index (κ3) is 2.67. The molecule has 20 heavy (non-hydrogen) atoms. The van der Waals surface area contributed by atoms with Crippen molar-refractivity contribution in [3.05, 3.63) is 22.2 Å². The molecule has 2 aliphatic rings. The van der Waals surface area contributed by atoms with Crippen molar-refractivity contribution in [3.63, 3.8) is 0 Å². The van der Waals surface area contributed by atoms with Gasteiger partial charge in [0.2, 0.25) is 0 Å². The summed E-state index contributed by atoms with van der Waals surface area (Å²) in [5.74, 6) is -0.0501. The second kappa shape index (κ2) is 5.24. The summed E-state index contributed by atoms with van der Waals surface area (Å²) in [6, 6.07) is 1.64. The third-order valence-corrected chi connectivity index (χ3v) is 3.57. The number of aliphatic carboxylic acids is 1. The lowest BCUT2D eigenvalue weighted by molar-refractivity contribution is -0.136. The fourth-order valence-electron chi connectivity index (χ4n) is 2.46. The average molecular weight is 279 g/mol. The first-order valence-electron chi connectivity index (χ1n) is 6.82. The van der Waals surface area contributed by atoms with Crippen LogP contribution in [0.1, 0.15) is 24.7 Å². The molecule has 1 aliphatic heterocycles. The lowest BCUT2D eigenvalue weighted by Crippen LogP contribution is -2.38. The lowest BCUT2D eigenvalue weighted by atomic mass is 10.3. The molecule has 0 amide bonds. The van der Waals surface area contributed by atoms with Crippen LogP contribution in [-0.4, -0.2) is 46.9 Å². The molecule has 2 fully saturated rings. The van der Waals surface area contributed by atoms with E-state index in [1.165, 1.54) is 10.6 Å². The fourth-order valence-corrected chi connectivity index (χ4v) is 2.46. The van der Waals surface area contributed by atoms with Crippen LogP contribution in [0.15, 0.2) is 10.9 Å². The lowest BCUT2D eigenvalue weighted by Gasteiger charge is -2.28. The maximum Gasteiger partial charge on any atom is 0.311 e. The van der Waals surface area contributed by atoms with E-state index in [9.17, 15) is 9.59 Å². The van der Waals surface area contributed by atoms with Gasteiger partial charge in [0.15, 0.2) is 0 Å². The number of morpholine rings is 1. The standard InChI is InChI=1S/C13H17N3O4/c17-12-7-10(15-3-5-20-6-4-15)14-11(8-13(18)19)16(12)9-1-2-9/h7,9H,1-6,8H2,(H,18,19). The number of hydrogen-bond acceptors (Lipinski definition) is 5. The molecule has 2 heterocycles. The van der Waals surface area contributed by atoms with Crippen LogP contribution in [0, 0.1) is 0 Å². The Bertz CT molecular complexity index is 573. The number of aromatic nitrogens is 2. The summed E-state index contributed by atoms with van der Waals surface area (Å²) in [4.78, 5) is 29.6. The fraction of sp³-hybridized carbons (Fsp3) is 0.615. The van der Waals surface area contributed by atoms with Gasteiger partial charge in [-0.1, -0.05) is 0 Å². The minimum atomic E-state index is -0.967. The highest BCUT2D eigenvalue weighted by molar-refractivity contribution is 5.69. The van der Waals surface area contributed by atoms with E-state index in [0.717, 1.165) is 12.8 Å². The zero-order valence-corrected chi connectivity index (χ0v) is 11.1. The van der Waals surface area contributed by atoms with Crippen LogP contribution in [0.2, 0.25) is 0 Å². The quantitative estimate of drug-likeness (QED) is 0.838. The highest BCUT2D eigenvalue weighted by Crippen LogP contribution is 2.34. The molecular weight excluding hydrogens is 262 g/mol. The van der Waals surface area contributed by atoms with Crippen LogP contribution in [0.5, 0.6) is 0 Å². The van der Waals surface area contributed by atoms with Crippen molar-refractivity contribution in [1.29, 1.82) is 0 Å². The Labute approximate surface area is 115 Å². The van der Waals surface area contributed by atoms with Crippen molar-refractivity contribution in [2.24, 2.45) is 0 Å². The second-order valence-electron chi connectivity index (χ2n) is 5.14. The van der Waals surface area contributed by atoms with Gasteiger partial charge in [0, 0.05) is 25.2 Å². The van der Waals surface area contributed by atoms with E-state index in [4.69, 9.17) is 9.84 Å². The van der Waals surface area contributed by atoms with Crippen molar-refractivity contribution in [2.45, 2.75) is 25.3 Å². The average Bonchev–Trinajstić information content (AvgIpc) is 3.23.